The summed E-state index contributed by atoms with van der Waals surface area (Å²) in [7, 11) is 5.59. The summed E-state index contributed by atoms with van der Waals surface area (Å²) in [6.45, 7) is 1.39. The number of hydrogen-bond donors (Lipinski definition) is 1. The number of nitrogens with zero attached hydrogens (tertiary/aromatic N) is 3. The first kappa shape index (κ1) is 20.2. The van der Waals surface area contributed by atoms with Gasteiger partial charge in [0.25, 0.3) is 0 Å². The topological polar surface area (TPSA) is 58.9 Å². The molecule has 0 spiro atoms. The highest BCUT2D eigenvalue weighted by atomic mass is 35.5. The molecule has 0 aliphatic rings. The standard InChI is InChI=1S/C21H25ClN4O2/c1-25(2)11-10-23-21(27)12-17(16-6-4-5-7-19(16)28-3)18-13-24-20-9-8-15(22)14-26(18)20/h4-9,13-14,17H,10-12H2,1-3H3,(H,23,27)/t17-/m0/s1. The number of likely N-dealkylation sites (N-methyl/N-ethyl adjacent to an activating group) is 1. The molecule has 1 atom stereocenters. The number of nitrogens with one attached hydrogen (secondary N) is 1. The van der Waals surface area contributed by atoms with Gasteiger partial charge in [0.15, 0.2) is 0 Å². The highest BCUT2D eigenvalue weighted by Crippen LogP contribution is 2.35. The van der Waals surface area contributed by atoms with Crippen LogP contribution < -0.4 is 10.1 Å². The quantitative estimate of drug-likeness (QED) is 0.630. The van der Waals surface area contributed by atoms with Gasteiger partial charge in [-0.15, -0.1) is 0 Å². The van der Waals surface area contributed by atoms with Gasteiger partial charge in [-0.25, -0.2) is 4.98 Å². The molecule has 0 saturated heterocycles. The smallest absolute Gasteiger partial charge is 0.221 e. The number of aromatic nitrogens is 2. The van der Waals surface area contributed by atoms with Crippen LogP contribution in [-0.4, -0.2) is 54.5 Å². The van der Waals surface area contributed by atoms with Crippen molar-refractivity contribution in [1.29, 1.82) is 0 Å². The van der Waals surface area contributed by atoms with Crippen LogP contribution in [0.5, 0.6) is 5.75 Å². The molecule has 3 aromatic rings. The van der Waals surface area contributed by atoms with Gasteiger partial charge >= 0.3 is 0 Å². The zero-order valence-corrected chi connectivity index (χ0v) is 17.1. The van der Waals surface area contributed by atoms with Crippen LogP contribution in [0.4, 0.5) is 0 Å². The van der Waals surface area contributed by atoms with Gasteiger partial charge in [0.05, 0.1) is 17.8 Å². The molecule has 0 aliphatic heterocycles. The van der Waals surface area contributed by atoms with Crippen LogP contribution >= 0.6 is 11.6 Å². The molecule has 1 amide bonds. The van der Waals surface area contributed by atoms with Crippen LogP contribution in [0.25, 0.3) is 5.65 Å². The fourth-order valence-electron chi connectivity index (χ4n) is 3.24. The zero-order valence-electron chi connectivity index (χ0n) is 16.4. The Morgan fingerprint density at radius 2 is 2.07 bits per heavy atom. The van der Waals surface area contributed by atoms with E-state index in [-0.39, 0.29) is 18.2 Å². The molecule has 28 heavy (non-hydrogen) atoms. The summed E-state index contributed by atoms with van der Waals surface area (Å²) in [6.07, 6.45) is 3.91. The second kappa shape index (κ2) is 9.08. The average Bonchev–Trinajstić information content (AvgIpc) is 3.08. The minimum Gasteiger partial charge on any atom is -0.496 e. The number of fused-ring (bicyclic) bond motifs is 1. The number of rotatable bonds is 8. The highest BCUT2D eigenvalue weighted by Gasteiger charge is 2.24. The Labute approximate surface area is 170 Å². The number of methoxy groups -OCH3 is 1. The van der Waals surface area contributed by atoms with Gasteiger partial charge < -0.3 is 19.4 Å². The van der Waals surface area contributed by atoms with Crippen molar-refractivity contribution in [3.8, 4) is 5.75 Å². The molecule has 1 aromatic carbocycles. The van der Waals surface area contributed by atoms with E-state index in [0.717, 1.165) is 29.2 Å². The van der Waals surface area contributed by atoms with Crippen LogP contribution in [0.2, 0.25) is 5.02 Å². The normalized spacial score (nSPS) is 12.3. The van der Waals surface area contributed by atoms with Crippen molar-refractivity contribution in [2.45, 2.75) is 12.3 Å². The van der Waals surface area contributed by atoms with Gasteiger partial charge in [-0.3, -0.25) is 4.79 Å². The molecular formula is C21H25ClN4O2. The summed E-state index contributed by atoms with van der Waals surface area (Å²) < 4.78 is 7.50. The lowest BCUT2D eigenvalue weighted by Crippen LogP contribution is -2.32. The summed E-state index contributed by atoms with van der Waals surface area (Å²) in [5, 5.41) is 3.61. The molecule has 2 aromatic heterocycles. The van der Waals surface area contributed by atoms with Crippen molar-refractivity contribution < 1.29 is 9.53 Å². The molecule has 0 unspecified atom stereocenters. The second-order valence-electron chi connectivity index (χ2n) is 6.91. The maximum Gasteiger partial charge on any atom is 0.221 e. The largest absolute Gasteiger partial charge is 0.496 e. The summed E-state index contributed by atoms with van der Waals surface area (Å²) in [5.74, 6) is 0.504. The molecule has 0 fully saturated rings. The number of imidazole rings is 1. The zero-order chi connectivity index (χ0) is 20.1. The van der Waals surface area contributed by atoms with Gasteiger partial charge in [0, 0.05) is 43.4 Å². The second-order valence-corrected chi connectivity index (χ2v) is 7.35. The predicted molar refractivity (Wildman–Crippen MR) is 111 cm³/mol. The number of amides is 1. The van der Waals surface area contributed by atoms with Gasteiger partial charge in [-0.05, 0) is 32.3 Å². The first-order valence-corrected chi connectivity index (χ1v) is 9.54. The van der Waals surface area contributed by atoms with E-state index < -0.39 is 0 Å². The van der Waals surface area contributed by atoms with Gasteiger partial charge in [0.2, 0.25) is 5.91 Å². The Hall–Kier alpha value is -2.57. The van der Waals surface area contributed by atoms with E-state index in [4.69, 9.17) is 16.3 Å². The Kier molecular flexibility index (Phi) is 6.54. The van der Waals surface area contributed by atoms with E-state index in [0.29, 0.717) is 11.6 Å². The average molecular weight is 401 g/mol. The minimum atomic E-state index is -0.219. The van der Waals surface area contributed by atoms with Crippen molar-refractivity contribution in [2.75, 3.05) is 34.3 Å². The molecular weight excluding hydrogens is 376 g/mol. The maximum atomic E-state index is 12.7. The number of halogens is 1. The molecule has 7 heteroatoms. The summed E-state index contributed by atoms with van der Waals surface area (Å²) in [6, 6.07) is 11.4. The van der Waals surface area contributed by atoms with E-state index in [1.807, 2.05) is 59.9 Å². The molecule has 0 bridgehead atoms. The van der Waals surface area contributed by atoms with Crippen LogP contribution in [0.3, 0.4) is 0 Å². The molecule has 0 saturated carbocycles. The van der Waals surface area contributed by atoms with Crippen LogP contribution in [0, 0.1) is 0 Å². The van der Waals surface area contributed by atoms with Crippen molar-refractivity contribution in [3.63, 3.8) is 0 Å². The first-order valence-electron chi connectivity index (χ1n) is 9.16. The first-order chi connectivity index (χ1) is 13.5. The maximum absolute atomic E-state index is 12.7. The molecule has 0 aliphatic carbocycles. The van der Waals surface area contributed by atoms with Crippen molar-refractivity contribution >= 4 is 23.2 Å². The molecule has 148 valence electrons. The van der Waals surface area contributed by atoms with Gasteiger partial charge in [0.1, 0.15) is 11.4 Å². The molecule has 1 N–H and O–H groups in total. The van der Waals surface area contributed by atoms with E-state index >= 15 is 0 Å². The van der Waals surface area contributed by atoms with Gasteiger partial charge in [-0.2, -0.15) is 0 Å². The van der Waals surface area contributed by atoms with E-state index in [2.05, 4.69) is 10.3 Å². The summed E-state index contributed by atoms with van der Waals surface area (Å²) in [4.78, 5) is 19.2. The van der Waals surface area contributed by atoms with Crippen LogP contribution in [0.1, 0.15) is 23.6 Å². The Bertz CT molecular complexity index is 954. The number of para-hydroxylation sites is 1. The van der Waals surface area contributed by atoms with E-state index in [1.165, 1.54) is 0 Å². The van der Waals surface area contributed by atoms with Crippen molar-refractivity contribution in [1.82, 2.24) is 19.6 Å². The van der Waals surface area contributed by atoms with Crippen LogP contribution in [0.15, 0.2) is 48.8 Å². The number of ether oxygens (including phenoxy) is 1. The fraction of sp³-hybridized carbons (Fsp3) is 0.333. The van der Waals surface area contributed by atoms with Crippen LogP contribution in [-0.2, 0) is 4.79 Å². The molecule has 0 radical (unpaired) electrons. The Morgan fingerprint density at radius 3 is 2.82 bits per heavy atom. The number of benzene rings is 1. The number of carbonyl (C=O) groups excluding carboxylic acids is 1. The summed E-state index contributed by atoms with van der Waals surface area (Å²) in [5.41, 5.74) is 2.62. The van der Waals surface area contributed by atoms with E-state index in [9.17, 15) is 4.79 Å². The summed E-state index contributed by atoms with van der Waals surface area (Å²) >= 11 is 6.20. The lowest BCUT2D eigenvalue weighted by Gasteiger charge is -2.20. The molecule has 3 rings (SSSR count). The van der Waals surface area contributed by atoms with Crippen molar-refractivity contribution in [3.05, 3.63) is 65.1 Å². The third kappa shape index (κ3) is 4.64. The molecule has 2 heterocycles. The third-order valence-electron chi connectivity index (χ3n) is 4.64. The highest BCUT2D eigenvalue weighted by molar-refractivity contribution is 6.30. The Morgan fingerprint density at radius 1 is 1.29 bits per heavy atom. The lowest BCUT2D eigenvalue weighted by atomic mass is 9.91. The number of hydrogen-bond acceptors (Lipinski definition) is 4. The lowest BCUT2D eigenvalue weighted by molar-refractivity contribution is -0.121. The van der Waals surface area contributed by atoms with E-state index in [1.54, 1.807) is 19.4 Å². The number of carbonyl (C=O) groups is 1. The minimum absolute atomic E-state index is 0.0188. The Balaban J connectivity index is 1.97. The SMILES string of the molecule is COc1ccccc1[C@H](CC(=O)NCCN(C)C)c1cnc2ccc(Cl)cn12. The van der Waals surface area contributed by atoms with Gasteiger partial charge in [-0.1, -0.05) is 29.8 Å². The monoisotopic (exact) mass is 400 g/mol. The fourth-order valence-corrected chi connectivity index (χ4v) is 3.40. The molecule has 6 nitrogen and oxygen atoms in total. The number of pyridine rings is 1. The predicted octanol–water partition coefficient (Wildman–Crippen LogP) is 3.20. The van der Waals surface area contributed by atoms with Crippen molar-refractivity contribution in [2.24, 2.45) is 0 Å². The third-order valence-corrected chi connectivity index (χ3v) is 4.86.